The molecule has 1 aromatic carbocycles. The number of aromatic nitrogens is 3. The summed E-state index contributed by atoms with van der Waals surface area (Å²) in [6.07, 6.45) is 1.56. The summed E-state index contributed by atoms with van der Waals surface area (Å²) in [7, 11) is 1.42. The Morgan fingerprint density at radius 1 is 1.35 bits per heavy atom. The molecule has 0 saturated carbocycles. The topological polar surface area (TPSA) is 115 Å². The van der Waals surface area contributed by atoms with Crippen LogP contribution in [0.15, 0.2) is 29.2 Å². The molecule has 2 N–H and O–H groups in total. The van der Waals surface area contributed by atoms with E-state index in [0.717, 1.165) is 0 Å². The minimum Gasteiger partial charge on any atom is -0.486 e. The number of aromatic carboxylic acids is 1. The second-order valence-electron chi connectivity index (χ2n) is 5.71. The smallest absolute Gasteiger partial charge is 0.356 e. The van der Waals surface area contributed by atoms with Gasteiger partial charge in [0, 0.05) is 18.2 Å². The number of nitrogens with zero attached hydrogens (tertiary/aromatic N) is 2. The van der Waals surface area contributed by atoms with Crippen LogP contribution in [0.3, 0.4) is 0 Å². The van der Waals surface area contributed by atoms with Crippen LogP contribution in [0.4, 0.5) is 0 Å². The number of hydrogen-bond donors (Lipinski definition) is 2. The second kappa shape index (κ2) is 6.19. The first-order chi connectivity index (χ1) is 12.6. The van der Waals surface area contributed by atoms with E-state index in [0.29, 0.717) is 36.0 Å². The Morgan fingerprint density at radius 2 is 2.12 bits per heavy atom. The van der Waals surface area contributed by atoms with Crippen molar-refractivity contribution >= 4 is 11.5 Å². The molecule has 1 aliphatic heterocycles. The SMILES string of the molecule is COCc1c(C(=O)O)nn2cc(-c3ccc4c(c3)OCCO4)[nH]c(=O)c12. The molecule has 0 aliphatic carbocycles. The molecule has 0 saturated heterocycles. The summed E-state index contributed by atoms with van der Waals surface area (Å²) in [5, 5.41) is 13.4. The summed E-state index contributed by atoms with van der Waals surface area (Å²) in [6.45, 7) is 0.910. The van der Waals surface area contributed by atoms with Gasteiger partial charge >= 0.3 is 5.97 Å². The third-order valence-corrected chi connectivity index (χ3v) is 4.07. The predicted molar refractivity (Wildman–Crippen MR) is 89.9 cm³/mol. The zero-order valence-electron chi connectivity index (χ0n) is 13.8. The fraction of sp³-hybridized carbons (Fsp3) is 0.235. The van der Waals surface area contributed by atoms with E-state index < -0.39 is 11.5 Å². The molecule has 26 heavy (non-hydrogen) atoms. The van der Waals surface area contributed by atoms with Crippen molar-refractivity contribution in [1.82, 2.24) is 14.6 Å². The van der Waals surface area contributed by atoms with Gasteiger partial charge in [-0.1, -0.05) is 0 Å². The zero-order valence-corrected chi connectivity index (χ0v) is 13.8. The largest absolute Gasteiger partial charge is 0.486 e. The Kier molecular flexibility index (Phi) is 3.85. The highest BCUT2D eigenvalue weighted by Crippen LogP contribution is 2.33. The molecule has 3 aromatic rings. The van der Waals surface area contributed by atoms with E-state index in [1.165, 1.54) is 11.6 Å². The molecule has 2 aromatic heterocycles. The molecule has 1 aliphatic rings. The maximum absolute atomic E-state index is 12.6. The summed E-state index contributed by atoms with van der Waals surface area (Å²) in [4.78, 5) is 26.8. The van der Waals surface area contributed by atoms with Crippen LogP contribution >= 0.6 is 0 Å². The molecule has 0 spiro atoms. The average molecular weight is 357 g/mol. The highest BCUT2D eigenvalue weighted by molar-refractivity contribution is 5.89. The third-order valence-electron chi connectivity index (χ3n) is 4.07. The van der Waals surface area contributed by atoms with Crippen LogP contribution in [0, 0.1) is 0 Å². The van der Waals surface area contributed by atoms with E-state index in [4.69, 9.17) is 14.2 Å². The standard InChI is InChI=1S/C17H15N3O6/c1-24-8-10-14(17(22)23)19-20-7-11(18-16(21)15(10)20)9-2-3-12-13(6-9)26-5-4-25-12/h2-3,6-7H,4-5,8H2,1H3,(H,18,21)(H,22,23). The summed E-state index contributed by atoms with van der Waals surface area (Å²) < 4.78 is 17.3. The molecule has 0 amide bonds. The molecule has 4 rings (SSSR count). The normalized spacial score (nSPS) is 13.1. The van der Waals surface area contributed by atoms with Gasteiger partial charge in [-0.05, 0) is 18.2 Å². The van der Waals surface area contributed by atoms with E-state index >= 15 is 0 Å². The van der Waals surface area contributed by atoms with Crippen molar-refractivity contribution in [2.24, 2.45) is 0 Å². The Morgan fingerprint density at radius 3 is 2.85 bits per heavy atom. The molecule has 3 heterocycles. The summed E-state index contributed by atoms with van der Waals surface area (Å²) in [5.41, 5.74) is 0.874. The van der Waals surface area contributed by atoms with Gasteiger partial charge in [0.05, 0.1) is 18.5 Å². The molecule has 0 atom stereocenters. The first kappa shape index (κ1) is 16.2. The van der Waals surface area contributed by atoms with Gasteiger partial charge in [-0.25, -0.2) is 9.31 Å². The van der Waals surface area contributed by atoms with Gasteiger partial charge in [-0.2, -0.15) is 5.10 Å². The molecule has 0 bridgehead atoms. The average Bonchev–Trinajstić information content (AvgIpc) is 3.01. The van der Waals surface area contributed by atoms with Gasteiger partial charge in [-0.3, -0.25) is 4.79 Å². The fourth-order valence-corrected chi connectivity index (χ4v) is 2.95. The van der Waals surface area contributed by atoms with E-state index in [1.807, 2.05) is 0 Å². The predicted octanol–water partition coefficient (Wildman–Crippen LogP) is 1.31. The molecule has 0 unspecified atom stereocenters. The van der Waals surface area contributed by atoms with Gasteiger partial charge in [0.25, 0.3) is 5.56 Å². The third kappa shape index (κ3) is 2.58. The number of fused-ring (bicyclic) bond motifs is 2. The van der Waals surface area contributed by atoms with Crippen LogP contribution in [0.2, 0.25) is 0 Å². The van der Waals surface area contributed by atoms with Crippen LogP contribution in [-0.4, -0.2) is 46.0 Å². The van der Waals surface area contributed by atoms with E-state index in [9.17, 15) is 14.7 Å². The molecule has 9 heteroatoms. The minimum absolute atomic E-state index is 0.0302. The molecular formula is C17H15N3O6. The number of nitrogens with one attached hydrogen (secondary N) is 1. The van der Waals surface area contributed by atoms with Crippen molar-refractivity contribution in [2.75, 3.05) is 20.3 Å². The number of aromatic amines is 1. The number of carboxylic acid groups (broad SMARTS) is 1. The Bertz CT molecular complexity index is 1070. The molecule has 0 fully saturated rings. The number of ether oxygens (including phenoxy) is 3. The van der Waals surface area contributed by atoms with Gasteiger partial charge in [0.15, 0.2) is 17.2 Å². The minimum atomic E-state index is -1.22. The maximum atomic E-state index is 12.6. The maximum Gasteiger partial charge on any atom is 0.356 e. The number of hydrogen-bond acceptors (Lipinski definition) is 6. The fourth-order valence-electron chi connectivity index (χ4n) is 2.95. The highest BCUT2D eigenvalue weighted by Gasteiger charge is 2.22. The summed E-state index contributed by atoms with van der Waals surface area (Å²) >= 11 is 0. The van der Waals surface area contributed by atoms with Gasteiger partial charge in [0.2, 0.25) is 0 Å². The lowest BCUT2D eigenvalue weighted by Gasteiger charge is -2.18. The molecular weight excluding hydrogens is 342 g/mol. The quantitative estimate of drug-likeness (QED) is 0.723. The Hall–Kier alpha value is -3.33. The Balaban J connectivity index is 1.88. The van der Waals surface area contributed by atoms with E-state index in [-0.39, 0.29) is 23.4 Å². The number of H-pyrrole nitrogens is 1. The highest BCUT2D eigenvalue weighted by atomic mass is 16.6. The van der Waals surface area contributed by atoms with Crippen molar-refractivity contribution in [2.45, 2.75) is 6.61 Å². The van der Waals surface area contributed by atoms with Crippen LogP contribution < -0.4 is 15.0 Å². The number of benzene rings is 1. The Labute approximate surface area is 146 Å². The number of methoxy groups -OCH3 is 1. The van der Waals surface area contributed by atoms with Crippen molar-refractivity contribution in [3.63, 3.8) is 0 Å². The lowest BCUT2D eigenvalue weighted by Crippen LogP contribution is -2.15. The summed E-state index contributed by atoms with van der Waals surface area (Å²) in [6, 6.07) is 5.29. The zero-order chi connectivity index (χ0) is 18.3. The van der Waals surface area contributed by atoms with Crippen LogP contribution in [0.25, 0.3) is 16.8 Å². The van der Waals surface area contributed by atoms with Crippen LogP contribution in [0.1, 0.15) is 16.1 Å². The summed E-state index contributed by atoms with van der Waals surface area (Å²) in [5.74, 6) is 0.000506. The molecule has 9 nitrogen and oxygen atoms in total. The lowest BCUT2D eigenvalue weighted by molar-refractivity contribution is 0.0685. The van der Waals surface area contributed by atoms with Crippen molar-refractivity contribution in [3.8, 4) is 22.8 Å². The van der Waals surface area contributed by atoms with Crippen molar-refractivity contribution in [3.05, 3.63) is 46.0 Å². The van der Waals surface area contributed by atoms with Crippen molar-refractivity contribution in [1.29, 1.82) is 0 Å². The van der Waals surface area contributed by atoms with Gasteiger partial charge in [-0.15, -0.1) is 0 Å². The first-order valence-corrected chi connectivity index (χ1v) is 7.85. The van der Waals surface area contributed by atoms with Crippen LogP contribution in [-0.2, 0) is 11.3 Å². The van der Waals surface area contributed by atoms with Crippen molar-refractivity contribution < 1.29 is 24.1 Å². The number of carbonyl (C=O) groups is 1. The monoisotopic (exact) mass is 357 g/mol. The first-order valence-electron chi connectivity index (χ1n) is 7.85. The van der Waals surface area contributed by atoms with Gasteiger partial charge < -0.3 is 24.3 Å². The van der Waals surface area contributed by atoms with Gasteiger partial charge in [0.1, 0.15) is 18.7 Å². The molecule has 134 valence electrons. The number of carboxylic acids is 1. The number of rotatable bonds is 4. The van der Waals surface area contributed by atoms with E-state index in [1.54, 1.807) is 24.4 Å². The molecule has 0 radical (unpaired) electrons. The van der Waals surface area contributed by atoms with Crippen LogP contribution in [0.5, 0.6) is 11.5 Å². The second-order valence-corrected chi connectivity index (χ2v) is 5.71. The lowest BCUT2D eigenvalue weighted by atomic mass is 10.1. The van der Waals surface area contributed by atoms with E-state index in [2.05, 4.69) is 10.1 Å².